The lowest BCUT2D eigenvalue weighted by atomic mass is 9.71. The fourth-order valence-corrected chi connectivity index (χ4v) is 2.71. The average molecular weight is 228 g/mol. The molecule has 0 radical (unpaired) electrons. The summed E-state index contributed by atoms with van der Waals surface area (Å²) in [5, 5.41) is 17.8. The first kappa shape index (κ1) is 13.0. The SMILES string of the molecule is O=C(O)CC1(CC(=O)O)CCCCCCC1. The Morgan fingerprint density at radius 2 is 1.19 bits per heavy atom. The molecule has 0 saturated heterocycles. The van der Waals surface area contributed by atoms with Crippen molar-refractivity contribution in [1.29, 1.82) is 0 Å². The van der Waals surface area contributed by atoms with Crippen molar-refractivity contribution in [3.63, 3.8) is 0 Å². The van der Waals surface area contributed by atoms with Gasteiger partial charge in [0, 0.05) is 0 Å². The third-order valence-corrected chi connectivity index (χ3v) is 3.47. The van der Waals surface area contributed by atoms with Crippen LogP contribution in [0.2, 0.25) is 0 Å². The molecule has 92 valence electrons. The molecule has 16 heavy (non-hydrogen) atoms. The van der Waals surface area contributed by atoms with Crippen LogP contribution in [0.3, 0.4) is 0 Å². The van der Waals surface area contributed by atoms with Crippen LogP contribution in [0.15, 0.2) is 0 Å². The quantitative estimate of drug-likeness (QED) is 0.775. The fraction of sp³-hybridized carbons (Fsp3) is 0.833. The lowest BCUT2D eigenvalue weighted by molar-refractivity contribution is -0.144. The summed E-state index contributed by atoms with van der Waals surface area (Å²) < 4.78 is 0. The molecule has 0 heterocycles. The van der Waals surface area contributed by atoms with Crippen LogP contribution < -0.4 is 0 Å². The monoisotopic (exact) mass is 228 g/mol. The maximum atomic E-state index is 10.9. The van der Waals surface area contributed by atoms with Gasteiger partial charge in [-0.2, -0.15) is 0 Å². The van der Waals surface area contributed by atoms with E-state index in [1.807, 2.05) is 0 Å². The molecule has 1 aliphatic carbocycles. The zero-order valence-corrected chi connectivity index (χ0v) is 9.57. The molecule has 1 rings (SSSR count). The Kier molecular flexibility index (Phi) is 4.77. The van der Waals surface area contributed by atoms with E-state index in [0.717, 1.165) is 38.5 Å². The summed E-state index contributed by atoms with van der Waals surface area (Å²) in [6, 6.07) is 0. The van der Waals surface area contributed by atoms with Gasteiger partial charge in [-0.15, -0.1) is 0 Å². The van der Waals surface area contributed by atoms with E-state index in [0.29, 0.717) is 0 Å². The van der Waals surface area contributed by atoms with Crippen LogP contribution in [0.4, 0.5) is 0 Å². The largest absolute Gasteiger partial charge is 0.481 e. The summed E-state index contributed by atoms with van der Waals surface area (Å²) >= 11 is 0. The topological polar surface area (TPSA) is 74.6 Å². The molecule has 0 aromatic rings. The van der Waals surface area contributed by atoms with Crippen LogP contribution in [0.1, 0.15) is 57.8 Å². The van der Waals surface area contributed by atoms with Crippen LogP contribution in [-0.2, 0) is 9.59 Å². The molecule has 0 aromatic carbocycles. The number of hydrogen-bond acceptors (Lipinski definition) is 2. The van der Waals surface area contributed by atoms with Crippen molar-refractivity contribution < 1.29 is 19.8 Å². The number of rotatable bonds is 4. The van der Waals surface area contributed by atoms with Gasteiger partial charge >= 0.3 is 11.9 Å². The Morgan fingerprint density at radius 1 is 0.812 bits per heavy atom. The average Bonchev–Trinajstić information content (AvgIpc) is 2.09. The predicted molar refractivity (Wildman–Crippen MR) is 59.3 cm³/mol. The maximum Gasteiger partial charge on any atom is 0.303 e. The maximum absolute atomic E-state index is 10.9. The second-order valence-electron chi connectivity index (χ2n) is 4.91. The molecule has 4 nitrogen and oxygen atoms in total. The summed E-state index contributed by atoms with van der Waals surface area (Å²) in [5.41, 5.74) is -0.502. The van der Waals surface area contributed by atoms with Crippen LogP contribution in [0, 0.1) is 5.41 Å². The molecule has 0 bridgehead atoms. The lowest BCUT2D eigenvalue weighted by Gasteiger charge is -2.32. The van der Waals surface area contributed by atoms with E-state index >= 15 is 0 Å². The van der Waals surface area contributed by atoms with Gasteiger partial charge < -0.3 is 10.2 Å². The molecule has 1 fully saturated rings. The molecular weight excluding hydrogens is 208 g/mol. The van der Waals surface area contributed by atoms with Crippen molar-refractivity contribution in [3.05, 3.63) is 0 Å². The van der Waals surface area contributed by atoms with Gasteiger partial charge in [0.15, 0.2) is 0 Å². The van der Waals surface area contributed by atoms with Gasteiger partial charge in [0.2, 0.25) is 0 Å². The Morgan fingerprint density at radius 3 is 1.56 bits per heavy atom. The highest BCUT2D eigenvalue weighted by Crippen LogP contribution is 2.40. The summed E-state index contributed by atoms with van der Waals surface area (Å²) in [6.45, 7) is 0. The number of carboxylic acid groups (broad SMARTS) is 2. The van der Waals surface area contributed by atoms with Gasteiger partial charge in [-0.1, -0.05) is 32.1 Å². The number of carbonyl (C=O) groups is 2. The molecule has 4 heteroatoms. The molecule has 1 aliphatic rings. The Hall–Kier alpha value is -1.06. The van der Waals surface area contributed by atoms with Crippen molar-refractivity contribution in [2.24, 2.45) is 5.41 Å². The van der Waals surface area contributed by atoms with E-state index in [4.69, 9.17) is 10.2 Å². The minimum atomic E-state index is -0.873. The van der Waals surface area contributed by atoms with E-state index in [1.54, 1.807) is 0 Å². The molecular formula is C12H20O4. The van der Waals surface area contributed by atoms with E-state index in [2.05, 4.69) is 0 Å². The molecule has 0 spiro atoms. The van der Waals surface area contributed by atoms with Crippen molar-refractivity contribution in [3.8, 4) is 0 Å². The first-order valence-corrected chi connectivity index (χ1v) is 5.98. The van der Waals surface area contributed by atoms with Crippen LogP contribution in [0.25, 0.3) is 0 Å². The summed E-state index contributed by atoms with van der Waals surface area (Å²) in [7, 11) is 0. The smallest absolute Gasteiger partial charge is 0.303 e. The van der Waals surface area contributed by atoms with Crippen LogP contribution in [-0.4, -0.2) is 22.2 Å². The van der Waals surface area contributed by atoms with Gasteiger partial charge in [0.25, 0.3) is 0 Å². The van der Waals surface area contributed by atoms with E-state index < -0.39 is 17.4 Å². The molecule has 0 aliphatic heterocycles. The number of hydrogen-bond donors (Lipinski definition) is 2. The molecule has 1 saturated carbocycles. The van der Waals surface area contributed by atoms with Crippen molar-refractivity contribution in [2.45, 2.75) is 57.8 Å². The normalized spacial score (nSPS) is 20.8. The third-order valence-electron chi connectivity index (χ3n) is 3.47. The molecule has 2 N–H and O–H groups in total. The molecule has 0 aromatic heterocycles. The zero-order chi connectivity index (χ0) is 12.0. The lowest BCUT2D eigenvalue weighted by Crippen LogP contribution is -2.28. The van der Waals surface area contributed by atoms with E-state index in [1.165, 1.54) is 6.42 Å². The highest BCUT2D eigenvalue weighted by atomic mass is 16.4. The van der Waals surface area contributed by atoms with Gasteiger partial charge in [-0.3, -0.25) is 9.59 Å². The first-order chi connectivity index (χ1) is 7.54. The minimum Gasteiger partial charge on any atom is -0.481 e. The van der Waals surface area contributed by atoms with Crippen molar-refractivity contribution in [2.75, 3.05) is 0 Å². The highest BCUT2D eigenvalue weighted by Gasteiger charge is 2.34. The van der Waals surface area contributed by atoms with Crippen molar-refractivity contribution >= 4 is 11.9 Å². The minimum absolute atomic E-state index is 0.000694. The van der Waals surface area contributed by atoms with E-state index in [9.17, 15) is 9.59 Å². The Bertz CT molecular complexity index is 234. The highest BCUT2D eigenvalue weighted by molar-refractivity contribution is 5.71. The van der Waals surface area contributed by atoms with Gasteiger partial charge in [0.1, 0.15) is 0 Å². The van der Waals surface area contributed by atoms with Gasteiger partial charge in [0.05, 0.1) is 12.8 Å². The Balaban J connectivity index is 2.71. The summed E-state index contributed by atoms with van der Waals surface area (Å²) in [5.74, 6) is -1.75. The number of aliphatic carboxylic acids is 2. The molecule has 0 amide bonds. The molecule has 0 atom stereocenters. The molecule has 0 unspecified atom stereocenters. The zero-order valence-electron chi connectivity index (χ0n) is 9.57. The first-order valence-electron chi connectivity index (χ1n) is 5.98. The van der Waals surface area contributed by atoms with Crippen LogP contribution in [0.5, 0.6) is 0 Å². The van der Waals surface area contributed by atoms with Crippen LogP contribution >= 0.6 is 0 Å². The predicted octanol–water partition coefficient (Wildman–Crippen LogP) is 2.67. The van der Waals surface area contributed by atoms with Crippen molar-refractivity contribution in [1.82, 2.24) is 0 Å². The van der Waals surface area contributed by atoms with Gasteiger partial charge in [-0.25, -0.2) is 0 Å². The second kappa shape index (κ2) is 5.87. The Labute approximate surface area is 95.7 Å². The van der Waals surface area contributed by atoms with E-state index in [-0.39, 0.29) is 12.8 Å². The number of carboxylic acids is 2. The standard InChI is InChI=1S/C12H20O4/c13-10(14)8-12(9-11(15)16)6-4-2-1-3-5-7-12/h1-9H2,(H,13,14)(H,15,16). The third kappa shape index (κ3) is 4.21. The fourth-order valence-electron chi connectivity index (χ4n) is 2.71. The summed E-state index contributed by atoms with van der Waals surface area (Å²) in [4.78, 5) is 21.7. The van der Waals surface area contributed by atoms with Gasteiger partial charge in [-0.05, 0) is 18.3 Å². The second-order valence-corrected chi connectivity index (χ2v) is 4.91. The summed E-state index contributed by atoms with van der Waals surface area (Å²) in [6.07, 6.45) is 6.79.